The molecule has 0 saturated carbocycles. The van der Waals surface area contributed by atoms with Crippen LogP contribution >= 0.6 is 0 Å². The van der Waals surface area contributed by atoms with Gasteiger partial charge in [-0.2, -0.15) is 9.40 Å². The molecule has 2 aromatic heterocycles. The third-order valence-corrected chi connectivity index (χ3v) is 5.92. The number of carbonyl (C=O) groups is 1. The summed E-state index contributed by atoms with van der Waals surface area (Å²) in [4.78, 5) is 15.2. The molecule has 0 bridgehead atoms. The van der Waals surface area contributed by atoms with Gasteiger partial charge in [-0.25, -0.2) is 13.4 Å². The molecule has 0 radical (unpaired) electrons. The van der Waals surface area contributed by atoms with Gasteiger partial charge in [0.05, 0.1) is 24.1 Å². The second-order valence-corrected chi connectivity index (χ2v) is 8.02. The van der Waals surface area contributed by atoms with Crippen LogP contribution in [-0.2, 0) is 10.0 Å². The number of primary amides is 1. The molecule has 0 aliphatic carbocycles. The number of hydrogen-bond donors (Lipinski definition) is 1. The third-order valence-electron chi connectivity index (χ3n) is 4.16. The van der Waals surface area contributed by atoms with Gasteiger partial charge in [0, 0.05) is 31.5 Å². The SMILES string of the molecule is CC(C)n1cnc(S(=O)(=O)N2CCC(n3cc(C(N)=O)cn3)C2)c1. The number of sulfonamides is 1. The molecule has 1 fully saturated rings. The summed E-state index contributed by atoms with van der Waals surface area (Å²) in [5.74, 6) is -0.553. The van der Waals surface area contributed by atoms with Gasteiger partial charge in [0.1, 0.15) is 0 Å². The molecule has 1 aliphatic rings. The van der Waals surface area contributed by atoms with Crippen LogP contribution in [-0.4, -0.2) is 51.1 Å². The van der Waals surface area contributed by atoms with Gasteiger partial charge in [-0.05, 0) is 20.3 Å². The molecule has 1 amide bonds. The van der Waals surface area contributed by atoms with Crippen molar-refractivity contribution in [1.29, 1.82) is 0 Å². The fourth-order valence-corrected chi connectivity index (χ4v) is 4.09. The Balaban J connectivity index is 1.77. The van der Waals surface area contributed by atoms with Gasteiger partial charge in [-0.1, -0.05) is 0 Å². The zero-order valence-electron chi connectivity index (χ0n) is 13.5. The average Bonchev–Trinajstić information content (AvgIpc) is 3.25. The van der Waals surface area contributed by atoms with Crippen LogP contribution in [0.25, 0.3) is 0 Å². The first kappa shape index (κ1) is 16.7. The molecule has 1 atom stereocenters. The van der Waals surface area contributed by atoms with Crippen molar-refractivity contribution in [3.05, 3.63) is 30.5 Å². The van der Waals surface area contributed by atoms with Gasteiger partial charge < -0.3 is 10.3 Å². The minimum Gasteiger partial charge on any atom is -0.366 e. The van der Waals surface area contributed by atoms with E-state index in [1.807, 2.05) is 13.8 Å². The van der Waals surface area contributed by atoms with Gasteiger partial charge in [0.15, 0.2) is 5.03 Å². The second-order valence-electron chi connectivity index (χ2n) is 6.13. The lowest BCUT2D eigenvalue weighted by Gasteiger charge is -2.15. The van der Waals surface area contributed by atoms with Gasteiger partial charge in [-0.15, -0.1) is 0 Å². The lowest BCUT2D eigenvalue weighted by molar-refractivity contribution is 0.1000. The van der Waals surface area contributed by atoms with E-state index in [-0.39, 0.29) is 23.7 Å². The number of imidazole rings is 1. The van der Waals surface area contributed by atoms with Crippen LogP contribution < -0.4 is 5.73 Å². The number of carbonyl (C=O) groups excluding carboxylic acids is 1. The van der Waals surface area contributed by atoms with E-state index in [9.17, 15) is 13.2 Å². The molecule has 0 spiro atoms. The smallest absolute Gasteiger partial charge is 0.262 e. The molecular formula is C14H20N6O3S. The third kappa shape index (κ3) is 2.94. The molecule has 1 saturated heterocycles. The number of amides is 1. The van der Waals surface area contributed by atoms with Crippen molar-refractivity contribution >= 4 is 15.9 Å². The average molecular weight is 352 g/mol. The summed E-state index contributed by atoms with van der Waals surface area (Å²) in [5, 5.41) is 4.16. The molecule has 9 nitrogen and oxygen atoms in total. The zero-order chi connectivity index (χ0) is 17.5. The minimum absolute atomic E-state index is 0.0511. The van der Waals surface area contributed by atoms with Crippen molar-refractivity contribution in [1.82, 2.24) is 23.6 Å². The predicted molar refractivity (Wildman–Crippen MR) is 85.8 cm³/mol. The molecule has 10 heteroatoms. The lowest BCUT2D eigenvalue weighted by atomic mass is 10.3. The molecule has 1 aliphatic heterocycles. The highest BCUT2D eigenvalue weighted by molar-refractivity contribution is 7.89. The summed E-state index contributed by atoms with van der Waals surface area (Å²) in [6, 6.07) is 0.0177. The molecule has 2 N–H and O–H groups in total. The van der Waals surface area contributed by atoms with Crippen LogP contribution in [0.2, 0.25) is 0 Å². The Labute approximate surface area is 140 Å². The van der Waals surface area contributed by atoms with E-state index in [4.69, 9.17) is 5.73 Å². The first-order valence-electron chi connectivity index (χ1n) is 7.66. The van der Waals surface area contributed by atoms with E-state index in [0.717, 1.165) is 0 Å². The molecule has 0 aromatic carbocycles. The summed E-state index contributed by atoms with van der Waals surface area (Å²) >= 11 is 0. The highest BCUT2D eigenvalue weighted by atomic mass is 32.2. The molecule has 2 aromatic rings. The number of aromatic nitrogens is 4. The summed E-state index contributed by atoms with van der Waals surface area (Å²) in [7, 11) is -3.63. The van der Waals surface area contributed by atoms with E-state index in [1.165, 1.54) is 16.8 Å². The molecule has 3 heterocycles. The Hall–Kier alpha value is -2.20. The maximum absolute atomic E-state index is 12.7. The predicted octanol–water partition coefficient (Wildman–Crippen LogP) is 0.395. The molecule has 1 unspecified atom stereocenters. The summed E-state index contributed by atoms with van der Waals surface area (Å²) in [5.41, 5.74) is 5.53. The number of rotatable bonds is 5. The van der Waals surface area contributed by atoms with E-state index in [1.54, 1.807) is 21.6 Å². The van der Waals surface area contributed by atoms with Crippen molar-refractivity contribution in [3.8, 4) is 0 Å². The van der Waals surface area contributed by atoms with Crippen molar-refractivity contribution in [2.24, 2.45) is 5.73 Å². The van der Waals surface area contributed by atoms with Crippen molar-refractivity contribution in [2.45, 2.75) is 37.4 Å². The maximum atomic E-state index is 12.7. The standard InChI is InChI=1S/C14H20N6O3S/c1-10(2)18-8-13(16-9-18)24(22,23)19-4-3-12(7-19)20-6-11(5-17-20)14(15)21/h5-6,8-10,12H,3-4,7H2,1-2H3,(H2,15,21). The van der Waals surface area contributed by atoms with Crippen molar-refractivity contribution < 1.29 is 13.2 Å². The molecule has 3 rings (SSSR count). The van der Waals surface area contributed by atoms with Crippen LogP contribution in [0.3, 0.4) is 0 Å². The Kier molecular flexibility index (Phi) is 4.18. The van der Waals surface area contributed by atoms with Gasteiger partial charge in [-0.3, -0.25) is 9.48 Å². The first-order valence-corrected chi connectivity index (χ1v) is 9.10. The number of hydrogen-bond acceptors (Lipinski definition) is 5. The molecule has 130 valence electrons. The summed E-state index contributed by atoms with van der Waals surface area (Å²) in [6.07, 6.45) is 6.63. The Morgan fingerprint density at radius 1 is 1.38 bits per heavy atom. The minimum atomic E-state index is -3.63. The van der Waals surface area contributed by atoms with Crippen LogP contribution in [0.4, 0.5) is 0 Å². The molecular weight excluding hydrogens is 332 g/mol. The number of nitrogens with zero attached hydrogens (tertiary/aromatic N) is 5. The topological polar surface area (TPSA) is 116 Å². The maximum Gasteiger partial charge on any atom is 0.262 e. The summed E-state index contributed by atoms with van der Waals surface area (Å²) < 4.78 is 30.2. The quantitative estimate of drug-likeness (QED) is 0.836. The van der Waals surface area contributed by atoms with E-state index in [0.29, 0.717) is 18.5 Å². The van der Waals surface area contributed by atoms with E-state index < -0.39 is 15.9 Å². The second kappa shape index (κ2) is 6.02. The Morgan fingerprint density at radius 3 is 2.71 bits per heavy atom. The van der Waals surface area contributed by atoms with Crippen molar-refractivity contribution in [3.63, 3.8) is 0 Å². The summed E-state index contributed by atoms with van der Waals surface area (Å²) in [6.45, 7) is 4.58. The monoisotopic (exact) mass is 352 g/mol. The van der Waals surface area contributed by atoms with Crippen LogP contribution in [0.15, 0.2) is 29.9 Å². The lowest BCUT2D eigenvalue weighted by Crippen LogP contribution is -2.29. The fraction of sp³-hybridized carbons (Fsp3) is 0.500. The molecule has 24 heavy (non-hydrogen) atoms. The fourth-order valence-electron chi connectivity index (χ4n) is 2.68. The Bertz CT molecular complexity index is 853. The van der Waals surface area contributed by atoms with Crippen molar-refractivity contribution in [2.75, 3.05) is 13.1 Å². The van der Waals surface area contributed by atoms with Gasteiger partial charge in [0.25, 0.3) is 15.9 Å². The van der Waals surface area contributed by atoms with Crippen LogP contribution in [0.1, 0.15) is 42.7 Å². The largest absolute Gasteiger partial charge is 0.366 e. The highest BCUT2D eigenvalue weighted by Crippen LogP contribution is 2.26. The first-order chi connectivity index (χ1) is 11.3. The van der Waals surface area contributed by atoms with Gasteiger partial charge >= 0.3 is 0 Å². The Morgan fingerprint density at radius 2 is 2.12 bits per heavy atom. The van der Waals surface area contributed by atoms with Crippen LogP contribution in [0, 0.1) is 0 Å². The number of nitrogens with two attached hydrogens (primary N) is 1. The highest BCUT2D eigenvalue weighted by Gasteiger charge is 2.35. The zero-order valence-corrected chi connectivity index (χ0v) is 14.3. The van der Waals surface area contributed by atoms with E-state index in [2.05, 4.69) is 10.1 Å². The normalized spacial score (nSPS) is 19.2. The van der Waals surface area contributed by atoms with E-state index >= 15 is 0 Å². The van der Waals surface area contributed by atoms with Gasteiger partial charge in [0.2, 0.25) is 0 Å². The van der Waals surface area contributed by atoms with Crippen LogP contribution in [0.5, 0.6) is 0 Å².